The largest absolute Gasteiger partial charge is 0.367 e. The first-order valence-electron chi connectivity index (χ1n) is 6.23. The lowest BCUT2D eigenvalue weighted by Gasteiger charge is -2.12. The first kappa shape index (κ1) is 11.9. The van der Waals surface area contributed by atoms with Crippen molar-refractivity contribution in [2.45, 2.75) is 25.8 Å². The van der Waals surface area contributed by atoms with Crippen LogP contribution in [0.3, 0.4) is 0 Å². The van der Waals surface area contributed by atoms with Crippen LogP contribution in [0.15, 0.2) is 48.8 Å². The fraction of sp³-hybridized carbons (Fsp3) is 0.333. The van der Waals surface area contributed by atoms with Crippen molar-refractivity contribution < 1.29 is 0 Å². The Balaban J connectivity index is 1.68. The van der Waals surface area contributed by atoms with Crippen molar-refractivity contribution in [1.29, 1.82) is 0 Å². The van der Waals surface area contributed by atoms with Gasteiger partial charge in [0.05, 0.1) is 0 Å². The van der Waals surface area contributed by atoms with E-state index >= 15 is 0 Å². The summed E-state index contributed by atoms with van der Waals surface area (Å²) in [4.78, 5) is 3.07. The molecule has 0 aliphatic carbocycles. The fourth-order valence-corrected chi connectivity index (χ4v) is 1.97. The maximum atomic E-state index is 3.47. The third-order valence-electron chi connectivity index (χ3n) is 3.11. The minimum absolute atomic E-state index is 0.620. The smallest absolute Gasteiger partial charge is 0.0220 e. The van der Waals surface area contributed by atoms with Crippen LogP contribution in [0.5, 0.6) is 0 Å². The molecule has 0 saturated heterocycles. The predicted octanol–water partition coefficient (Wildman–Crippen LogP) is 3.30. The van der Waals surface area contributed by atoms with Gasteiger partial charge in [-0.1, -0.05) is 37.3 Å². The zero-order chi connectivity index (χ0) is 11.9. The molecule has 0 saturated carbocycles. The summed E-state index contributed by atoms with van der Waals surface area (Å²) in [6, 6.07) is 12.8. The van der Waals surface area contributed by atoms with Crippen molar-refractivity contribution in [3.05, 3.63) is 59.9 Å². The van der Waals surface area contributed by atoms with Gasteiger partial charge in [-0.2, -0.15) is 0 Å². The quantitative estimate of drug-likeness (QED) is 0.729. The molecule has 2 heteroatoms. The Bertz CT molecular complexity index is 406. The molecule has 1 atom stereocenters. The highest BCUT2D eigenvalue weighted by Gasteiger charge is 2.03. The summed E-state index contributed by atoms with van der Waals surface area (Å²) in [5, 5.41) is 3.47. The molecule has 2 N–H and O–H groups in total. The van der Waals surface area contributed by atoms with E-state index in [-0.39, 0.29) is 0 Å². The number of hydrogen-bond donors (Lipinski definition) is 2. The van der Waals surface area contributed by atoms with Crippen molar-refractivity contribution in [3.8, 4) is 0 Å². The molecule has 17 heavy (non-hydrogen) atoms. The Labute approximate surface area is 103 Å². The van der Waals surface area contributed by atoms with E-state index < -0.39 is 0 Å². The second-order valence-corrected chi connectivity index (χ2v) is 4.50. The SMILES string of the molecule is CC(CCNCc1cc[nH]c1)c1ccccc1. The standard InChI is InChI=1S/C15H20N2/c1-13(15-5-3-2-4-6-15)7-9-16-11-14-8-10-17-12-14/h2-6,8,10,12-13,16-17H,7,9,11H2,1H3. The highest BCUT2D eigenvalue weighted by atomic mass is 14.8. The molecule has 0 aliphatic heterocycles. The van der Waals surface area contributed by atoms with Gasteiger partial charge in [0.1, 0.15) is 0 Å². The van der Waals surface area contributed by atoms with E-state index in [0.717, 1.165) is 13.1 Å². The van der Waals surface area contributed by atoms with E-state index in [1.807, 2.05) is 12.4 Å². The topological polar surface area (TPSA) is 27.8 Å². The van der Waals surface area contributed by atoms with Crippen LogP contribution in [-0.2, 0) is 6.54 Å². The maximum Gasteiger partial charge on any atom is 0.0220 e. The highest BCUT2D eigenvalue weighted by molar-refractivity contribution is 5.18. The zero-order valence-electron chi connectivity index (χ0n) is 10.3. The Hall–Kier alpha value is -1.54. The lowest BCUT2D eigenvalue weighted by atomic mass is 9.98. The van der Waals surface area contributed by atoms with Crippen LogP contribution in [0.1, 0.15) is 30.4 Å². The van der Waals surface area contributed by atoms with Crippen molar-refractivity contribution in [2.75, 3.05) is 6.54 Å². The van der Waals surface area contributed by atoms with E-state index in [4.69, 9.17) is 0 Å². The van der Waals surface area contributed by atoms with Crippen molar-refractivity contribution >= 4 is 0 Å². The lowest BCUT2D eigenvalue weighted by molar-refractivity contribution is 0.594. The zero-order valence-corrected chi connectivity index (χ0v) is 10.3. The van der Waals surface area contributed by atoms with Crippen LogP contribution in [0.4, 0.5) is 0 Å². The van der Waals surface area contributed by atoms with Gasteiger partial charge in [-0.05, 0) is 36.1 Å². The van der Waals surface area contributed by atoms with E-state index in [1.165, 1.54) is 17.5 Å². The van der Waals surface area contributed by atoms with E-state index in [2.05, 4.69) is 53.6 Å². The number of aromatic amines is 1. The molecule has 1 heterocycles. The third kappa shape index (κ3) is 3.75. The third-order valence-corrected chi connectivity index (χ3v) is 3.11. The second kappa shape index (κ2) is 6.26. The number of hydrogen-bond acceptors (Lipinski definition) is 1. The molecule has 2 nitrogen and oxygen atoms in total. The van der Waals surface area contributed by atoms with Crippen LogP contribution in [0.2, 0.25) is 0 Å². The van der Waals surface area contributed by atoms with Crippen LogP contribution in [0, 0.1) is 0 Å². The molecule has 0 bridgehead atoms. The summed E-state index contributed by atoms with van der Waals surface area (Å²) in [5.74, 6) is 0.620. The van der Waals surface area contributed by atoms with Gasteiger partial charge in [0.2, 0.25) is 0 Å². The van der Waals surface area contributed by atoms with Crippen LogP contribution in [-0.4, -0.2) is 11.5 Å². The van der Waals surface area contributed by atoms with E-state index in [0.29, 0.717) is 5.92 Å². The number of nitrogens with one attached hydrogen (secondary N) is 2. The molecule has 2 rings (SSSR count). The first-order valence-corrected chi connectivity index (χ1v) is 6.23. The first-order chi connectivity index (χ1) is 8.36. The van der Waals surface area contributed by atoms with Crippen LogP contribution >= 0.6 is 0 Å². The van der Waals surface area contributed by atoms with E-state index in [9.17, 15) is 0 Å². The Morgan fingerprint density at radius 2 is 2.00 bits per heavy atom. The average Bonchev–Trinajstić information content (AvgIpc) is 2.88. The maximum absolute atomic E-state index is 3.47. The fourth-order valence-electron chi connectivity index (χ4n) is 1.97. The highest BCUT2D eigenvalue weighted by Crippen LogP contribution is 2.17. The molecule has 1 unspecified atom stereocenters. The average molecular weight is 228 g/mol. The summed E-state index contributed by atoms with van der Waals surface area (Å²) in [6.45, 7) is 4.29. The number of aromatic nitrogens is 1. The minimum Gasteiger partial charge on any atom is -0.367 e. The molecule has 0 aliphatic rings. The molecule has 0 fully saturated rings. The van der Waals surface area contributed by atoms with Gasteiger partial charge < -0.3 is 10.3 Å². The summed E-state index contributed by atoms with van der Waals surface area (Å²) in [6.07, 6.45) is 5.17. The molecule has 0 amide bonds. The van der Waals surface area contributed by atoms with Gasteiger partial charge in [-0.15, -0.1) is 0 Å². The van der Waals surface area contributed by atoms with Crippen LogP contribution < -0.4 is 5.32 Å². The Morgan fingerprint density at radius 3 is 2.71 bits per heavy atom. The summed E-state index contributed by atoms with van der Waals surface area (Å²) in [5.41, 5.74) is 2.74. The number of benzene rings is 1. The molecular weight excluding hydrogens is 208 g/mol. The van der Waals surface area contributed by atoms with Gasteiger partial charge in [0, 0.05) is 18.9 Å². The molecule has 1 aromatic carbocycles. The van der Waals surface area contributed by atoms with Gasteiger partial charge in [0.25, 0.3) is 0 Å². The second-order valence-electron chi connectivity index (χ2n) is 4.50. The predicted molar refractivity (Wildman–Crippen MR) is 72.0 cm³/mol. The normalized spacial score (nSPS) is 12.5. The van der Waals surface area contributed by atoms with Crippen LogP contribution in [0.25, 0.3) is 0 Å². The lowest BCUT2D eigenvalue weighted by Crippen LogP contribution is -2.16. The number of rotatable bonds is 6. The molecule has 1 aromatic heterocycles. The summed E-state index contributed by atoms with van der Waals surface area (Å²) >= 11 is 0. The monoisotopic (exact) mass is 228 g/mol. The van der Waals surface area contributed by atoms with Gasteiger partial charge in [0.15, 0.2) is 0 Å². The Kier molecular flexibility index (Phi) is 4.39. The van der Waals surface area contributed by atoms with Crippen molar-refractivity contribution in [3.63, 3.8) is 0 Å². The minimum atomic E-state index is 0.620. The van der Waals surface area contributed by atoms with E-state index in [1.54, 1.807) is 0 Å². The van der Waals surface area contributed by atoms with Gasteiger partial charge in [-0.3, -0.25) is 0 Å². The molecule has 90 valence electrons. The van der Waals surface area contributed by atoms with Crippen molar-refractivity contribution in [2.24, 2.45) is 0 Å². The van der Waals surface area contributed by atoms with Gasteiger partial charge in [-0.25, -0.2) is 0 Å². The summed E-state index contributed by atoms with van der Waals surface area (Å²) in [7, 11) is 0. The molecular formula is C15H20N2. The Morgan fingerprint density at radius 1 is 1.18 bits per heavy atom. The molecule has 0 radical (unpaired) electrons. The van der Waals surface area contributed by atoms with Crippen molar-refractivity contribution in [1.82, 2.24) is 10.3 Å². The molecule has 2 aromatic rings. The number of H-pyrrole nitrogens is 1. The molecule has 0 spiro atoms. The van der Waals surface area contributed by atoms with Gasteiger partial charge >= 0.3 is 0 Å². The summed E-state index contributed by atoms with van der Waals surface area (Å²) < 4.78 is 0.